The maximum atomic E-state index is 5.77. The van der Waals surface area contributed by atoms with Crippen molar-refractivity contribution in [1.29, 1.82) is 16.2 Å². The summed E-state index contributed by atoms with van der Waals surface area (Å²) in [5, 5.41) is 22.1. The zero-order chi connectivity index (χ0) is 10.8. The first kappa shape index (κ1) is 22.5. The van der Waals surface area contributed by atoms with Gasteiger partial charge in [0, 0.05) is 0 Å². The summed E-state index contributed by atoms with van der Waals surface area (Å²) in [6.45, 7) is 5.25. The zero-order valence-corrected chi connectivity index (χ0v) is 8.96. The number of hydrogen-bond acceptors (Lipinski definition) is 6. The summed E-state index contributed by atoms with van der Waals surface area (Å²) in [6, 6.07) is 0. The topological polar surface area (TPSA) is 71.6 Å². The molecule has 12 heavy (non-hydrogen) atoms. The third-order valence-corrected chi connectivity index (χ3v) is 0. The van der Waals surface area contributed by atoms with Crippen molar-refractivity contribution >= 4 is 52.1 Å². The van der Waals surface area contributed by atoms with Crippen LogP contribution in [0, 0.1) is 16.2 Å². The SMILES string of the molecule is C=CC.N=C=S.N=C=S.N=C=S. The van der Waals surface area contributed by atoms with Gasteiger partial charge in [0.05, 0.1) is 15.5 Å². The minimum Gasteiger partial charge on any atom is -0.248 e. The lowest BCUT2D eigenvalue weighted by atomic mass is 10.8. The van der Waals surface area contributed by atoms with Crippen LogP contribution in [0.1, 0.15) is 6.92 Å². The van der Waals surface area contributed by atoms with E-state index in [2.05, 4.69) is 43.2 Å². The average Bonchev–Trinajstić information content (AvgIpc) is 1.92. The molecule has 0 aliphatic rings. The average molecular weight is 219 g/mol. The molecular formula is C6H9N3S3. The smallest absolute Gasteiger partial charge is 0.0554 e. The molecule has 0 saturated heterocycles. The van der Waals surface area contributed by atoms with E-state index in [1.165, 1.54) is 0 Å². The minimum atomic E-state index is 1.58. The fraction of sp³-hybridized carbons (Fsp3) is 0.167. The van der Waals surface area contributed by atoms with Crippen LogP contribution in [0.2, 0.25) is 0 Å². The molecule has 0 bridgehead atoms. The van der Waals surface area contributed by atoms with Crippen molar-refractivity contribution in [2.24, 2.45) is 0 Å². The molecule has 66 valence electrons. The molecule has 0 heterocycles. The Balaban J connectivity index is -0.0000000356. The second-order valence-corrected chi connectivity index (χ2v) is 1.33. The first-order valence-corrected chi connectivity index (χ1v) is 3.57. The molecule has 0 aromatic rings. The predicted molar refractivity (Wildman–Crippen MR) is 61.8 cm³/mol. The van der Waals surface area contributed by atoms with Crippen molar-refractivity contribution in [2.45, 2.75) is 6.92 Å². The van der Waals surface area contributed by atoms with Gasteiger partial charge >= 0.3 is 0 Å². The van der Waals surface area contributed by atoms with E-state index < -0.39 is 0 Å². The number of rotatable bonds is 0. The lowest BCUT2D eigenvalue weighted by Crippen LogP contribution is -1.07. The molecule has 0 aliphatic heterocycles. The largest absolute Gasteiger partial charge is 0.248 e. The van der Waals surface area contributed by atoms with E-state index >= 15 is 0 Å². The number of thiocarbonyl (C=S) groups is 3. The summed E-state index contributed by atoms with van der Waals surface area (Å²) >= 11 is 11.4. The molecule has 0 aromatic heterocycles. The quantitative estimate of drug-likeness (QED) is 0.333. The molecule has 0 saturated carbocycles. The Morgan fingerprint density at radius 3 is 1.00 bits per heavy atom. The Bertz CT molecular complexity index is 142. The molecule has 0 unspecified atom stereocenters. The van der Waals surface area contributed by atoms with Gasteiger partial charge in [0.2, 0.25) is 0 Å². The van der Waals surface area contributed by atoms with Gasteiger partial charge in [-0.25, -0.2) is 16.2 Å². The molecule has 0 rings (SSSR count). The van der Waals surface area contributed by atoms with E-state index in [1.54, 1.807) is 21.6 Å². The third kappa shape index (κ3) is 819. The Morgan fingerprint density at radius 1 is 1.00 bits per heavy atom. The van der Waals surface area contributed by atoms with Gasteiger partial charge < -0.3 is 0 Å². The van der Waals surface area contributed by atoms with Crippen LogP contribution in [-0.4, -0.2) is 15.5 Å². The van der Waals surface area contributed by atoms with E-state index in [1.807, 2.05) is 6.92 Å². The summed E-state index contributed by atoms with van der Waals surface area (Å²) in [7, 11) is 0. The van der Waals surface area contributed by atoms with Gasteiger partial charge in [0.1, 0.15) is 0 Å². The number of allylic oxidation sites excluding steroid dienone is 1. The van der Waals surface area contributed by atoms with Gasteiger partial charge in [-0.15, -0.1) is 6.58 Å². The van der Waals surface area contributed by atoms with Crippen LogP contribution in [0.25, 0.3) is 0 Å². The Labute approximate surface area is 88.0 Å². The molecule has 0 radical (unpaired) electrons. The van der Waals surface area contributed by atoms with Crippen LogP contribution in [0.4, 0.5) is 0 Å². The summed E-state index contributed by atoms with van der Waals surface area (Å²) < 4.78 is 0. The van der Waals surface area contributed by atoms with E-state index in [4.69, 9.17) is 16.2 Å². The van der Waals surface area contributed by atoms with Crippen molar-refractivity contribution < 1.29 is 0 Å². The van der Waals surface area contributed by atoms with Crippen molar-refractivity contribution in [2.75, 3.05) is 0 Å². The fourth-order valence-corrected chi connectivity index (χ4v) is 0. The molecule has 0 atom stereocenters. The highest BCUT2D eigenvalue weighted by molar-refractivity contribution is 7.78. The van der Waals surface area contributed by atoms with Crippen molar-refractivity contribution in [1.82, 2.24) is 0 Å². The number of nitrogens with one attached hydrogen (secondary N) is 3. The van der Waals surface area contributed by atoms with Crippen LogP contribution < -0.4 is 0 Å². The molecule has 0 aliphatic carbocycles. The fourth-order valence-electron chi connectivity index (χ4n) is 0. The summed E-state index contributed by atoms with van der Waals surface area (Å²) in [4.78, 5) is 0. The van der Waals surface area contributed by atoms with Crippen LogP contribution in [0.5, 0.6) is 0 Å². The maximum Gasteiger partial charge on any atom is 0.0554 e. The van der Waals surface area contributed by atoms with Gasteiger partial charge in [-0.05, 0) is 43.6 Å². The predicted octanol–water partition coefficient (Wildman–Crippen LogP) is 3.20. The second-order valence-electron chi connectivity index (χ2n) is 0.714. The van der Waals surface area contributed by atoms with Crippen molar-refractivity contribution in [3.05, 3.63) is 12.7 Å². The van der Waals surface area contributed by atoms with Gasteiger partial charge in [-0.1, -0.05) is 6.08 Å². The molecule has 0 fully saturated rings. The van der Waals surface area contributed by atoms with Crippen molar-refractivity contribution in [3.63, 3.8) is 0 Å². The molecule has 3 N–H and O–H groups in total. The van der Waals surface area contributed by atoms with Gasteiger partial charge in [0.25, 0.3) is 0 Å². The van der Waals surface area contributed by atoms with E-state index in [-0.39, 0.29) is 0 Å². The second kappa shape index (κ2) is 85.9. The number of hydrogen-bond donors (Lipinski definition) is 3. The van der Waals surface area contributed by atoms with Crippen LogP contribution in [-0.2, 0) is 0 Å². The van der Waals surface area contributed by atoms with Crippen molar-refractivity contribution in [3.8, 4) is 0 Å². The summed E-state index contributed by atoms with van der Waals surface area (Å²) in [5.74, 6) is 0. The molecule has 0 aromatic carbocycles. The standard InChI is InChI=1S/C3H6.3CHNS/c1-3-2;3*2-1-3/h3H,1H2,2H3;3*2H. The van der Waals surface area contributed by atoms with Gasteiger partial charge in [0.15, 0.2) is 0 Å². The van der Waals surface area contributed by atoms with Crippen LogP contribution >= 0.6 is 36.7 Å². The minimum absolute atomic E-state index is 1.58. The molecule has 0 spiro atoms. The summed E-state index contributed by atoms with van der Waals surface area (Å²) in [5.41, 5.74) is 0. The van der Waals surface area contributed by atoms with Gasteiger partial charge in [-0.2, -0.15) is 0 Å². The Hall–Kier alpha value is -0.860. The first-order valence-electron chi connectivity index (χ1n) is 2.35. The molecule has 0 amide bonds. The highest BCUT2D eigenvalue weighted by atomic mass is 32.1. The summed E-state index contributed by atoms with van der Waals surface area (Å²) in [6.07, 6.45) is 1.75. The maximum absolute atomic E-state index is 5.77. The van der Waals surface area contributed by atoms with Crippen LogP contribution in [0.15, 0.2) is 12.7 Å². The highest BCUT2D eigenvalue weighted by Gasteiger charge is 1.15. The molecular weight excluding hydrogens is 210 g/mol. The highest BCUT2D eigenvalue weighted by Crippen LogP contribution is 1.38. The monoisotopic (exact) mass is 219 g/mol. The Kier molecular flexibility index (Phi) is 161. The Morgan fingerprint density at radius 2 is 1.00 bits per heavy atom. The lowest BCUT2D eigenvalue weighted by Gasteiger charge is -1.31. The van der Waals surface area contributed by atoms with E-state index in [0.717, 1.165) is 0 Å². The zero-order valence-electron chi connectivity index (χ0n) is 6.51. The number of isothiocyanates is 3. The van der Waals surface area contributed by atoms with E-state index in [9.17, 15) is 0 Å². The molecule has 6 heteroatoms. The molecule has 3 nitrogen and oxygen atoms in total. The van der Waals surface area contributed by atoms with Crippen LogP contribution in [0.3, 0.4) is 0 Å². The first-order chi connectivity index (χ1) is 5.66. The van der Waals surface area contributed by atoms with E-state index in [0.29, 0.717) is 0 Å². The lowest BCUT2D eigenvalue weighted by molar-refractivity contribution is 1.61. The van der Waals surface area contributed by atoms with Gasteiger partial charge in [-0.3, -0.25) is 0 Å². The third-order valence-electron chi connectivity index (χ3n) is 0. The normalized spacial score (nSPS) is 3.08.